The highest BCUT2D eigenvalue weighted by Crippen LogP contribution is 2.27. The molecule has 20 heavy (non-hydrogen) atoms. The number of hydrogen-bond donors (Lipinski definition) is 2. The molecule has 1 aliphatic heterocycles. The molecule has 1 heterocycles. The first kappa shape index (κ1) is 14.6. The molecule has 0 atom stereocenters. The van der Waals surface area contributed by atoms with E-state index < -0.39 is 0 Å². The quantitative estimate of drug-likeness (QED) is 0.893. The number of amides is 2. The van der Waals surface area contributed by atoms with Crippen molar-refractivity contribution >= 4 is 17.4 Å². The lowest BCUT2D eigenvalue weighted by atomic mass is 10.2. The fourth-order valence-electron chi connectivity index (χ4n) is 2.11. The van der Waals surface area contributed by atoms with Crippen molar-refractivity contribution in [1.82, 2.24) is 5.32 Å². The number of ether oxygens (including phenoxy) is 1. The molecule has 2 amide bonds. The third kappa shape index (κ3) is 3.84. The van der Waals surface area contributed by atoms with Crippen molar-refractivity contribution in [1.29, 1.82) is 0 Å². The maximum absolute atomic E-state index is 13.4. The summed E-state index contributed by atoms with van der Waals surface area (Å²) in [5, 5.41) is 5.43. The maximum Gasteiger partial charge on any atom is 0.319 e. The Morgan fingerprint density at radius 3 is 2.70 bits per heavy atom. The molecule has 0 aromatic heterocycles. The van der Waals surface area contributed by atoms with E-state index in [0.717, 1.165) is 18.8 Å². The Labute approximate surface area is 118 Å². The summed E-state index contributed by atoms with van der Waals surface area (Å²) in [7, 11) is 0. The van der Waals surface area contributed by atoms with Crippen LogP contribution in [-0.4, -0.2) is 38.4 Å². The summed E-state index contributed by atoms with van der Waals surface area (Å²) in [4.78, 5) is 13.9. The third-order valence-corrected chi connectivity index (χ3v) is 2.98. The lowest BCUT2D eigenvalue weighted by Gasteiger charge is -2.30. The molecular weight excluding hydrogens is 261 g/mol. The van der Waals surface area contributed by atoms with Crippen LogP contribution in [0.2, 0.25) is 0 Å². The molecule has 110 valence electrons. The molecule has 0 unspecified atom stereocenters. The Hall–Kier alpha value is -1.82. The second-order valence-corrected chi connectivity index (χ2v) is 5.01. The minimum absolute atomic E-state index is 0.0235. The number of carbonyl (C=O) groups is 1. The molecule has 0 saturated carbocycles. The summed E-state index contributed by atoms with van der Waals surface area (Å²) in [6.07, 6.45) is 0. The van der Waals surface area contributed by atoms with Gasteiger partial charge >= 0.3 is 6.03 Å². The highest BCUT2D eigenvalue weighted by molar-refractivity contribution is 5.93. The van der Waals surface area contributed by atoms with Gasteiger partial charge in [0.15, 0.2) is 0 Å². The molecule has 0 bridgehead atoms. The Morgan fingerprint density at radius 1 is 1.35 bits per heavy atom. The van der Waals surface area contributed by atoms with E-state index in [1.54, 1.807) is 6.07 Å². The largest absolute Gasteiger partial charge is 0.378 e. The second-order valence-electron chi connectivity index (χ2n) is 5.01. The van der Waals surface area contributed by atoms with Crippen molar-refractivity contribution in [2.75, 3.05) is 36.5 Å². The molecule has 1 saturated heterocycles. The monoisotopic (exact) mass is 281 g/mol. The van der Waals surface area contributed by atoms with E-state index >= 15 is 0 Å². The van der Waals surface area contributed by atoms with Crippen LogP contribution in [0.25, 0.3) is 0 Å². The molecule has 2 N–H and O–H groups in total. The number of nitrogens with zero attached hydrogens (tertiary/aromatic N) is 1. The van der Waals surface area contributed by atoms with E-state index in [4.69, 9.17) is 4.74 Å². The number of halogens is 1. The summed E-state index contributed by atoms with van der Waals surface area (Å²) in [5.41, 5.74) is 1.29. The van der Waals surface area contributed by atoms with Crippen molar-refractivity contribution in [2.24, 2.45) is 0 Å². The number of nitrogens with one attached hydrogen (secondary N) is 2. The number of benzene rings is 1. The van der Waals surface area contributed by atoms with Gasteiger partial charge in [-0.25, -0.2) is 9.18 Å². The highest BCUT2D eigenvalue weighted by atomic mass is 19.1. The maximum atomic E-state index is 13.4. The van der Waals surface area contributed by atoms with Crippen molar-refractivity contribution in [3.05, 3.63) is 24.0 Å². The van der Waals surface area contributed by atoms with Crippen LogP contribution < -0.4 is 15.5 Å². The first-order valence-electron chi connectivity index (χ1n) is 6.76. The van der Waals surface area contributed by atoms with Crippen molar-refractivity contribution in [2.45, 2.75) is 19.9 Å². The van der Waals surface area contributed by atoms with Crippen LogP contribution in [-0.2, 0) is 4.74 Å². The van der Waals surface area contributed by atoms with Gasteiger partial charge in [-0.15, -0.1) is 0 Å². The standard InChI is InChI=1S/C14H20FN3O2/c1-10(2)16-14(19)17-12-9-11(15)3-4-13(12)18-5-7-20-8-6-18/h3-4,9-10H,5-8H2,1-2H3,(H2,16,17,19). The summed E-state index contributed by atoms with van der Waals surface area (Å²) >= 11 is 0. The van der Waals surface area contributed by atoms with Gasteiger partial charge in [0.25, 0.3) is 0 Å². The van der Waals surface area contributed by atoms with Crippen LogP contribution in [0.3, 0.4) is 0 Å². The number of carbonyl (C=O) groups excluding carboxylic acids is 1. The van der Waals surface area contributed by atoms with E-state index in [1.807, 2.05) is 13.8 Å². The minimum Gasteiger partial charge on any atom is -0.378 e. The molecule has 6 heteroatoms. The Kier molecular flexibility index (Phi) is 4.79. The number of morpholine rings is 1. The number of rotatable bonds is 3. The average Bonchev–Trinajstić information content (AvgIpc) is 2.39. The normalized spacial score (nSPS) is 15.3. The van der Waals surface area contributed by atoms with Gasteiger partial charge in [0.2, 0.25) is 0 Å². The first-order chi connectivity index (χ1) is 9.56. The topological polar surface area (TPSA) is 53.6 Å². The van der Waals surface area contributed by atoms with Gasteiger partial charge in [-0.05, 0) is 32.0 Å². The van der Waals surface area contributed by atoms with Crippen LogP contribution in [0.1, 0.15) is 13.8 Å². The number of anilines is 2. The molecule has 1 fully saturated rings. The van der Waals surface area contributed by atoms with E-state index in [0.29, 0.717) is 18.9 Å². The third-order valence-electron chi connectivity index (χ3n) is 2.98. The van der Waals surface area contributed by atoms with Gasteiger partial charge in [0.05, 0.1) is 24.6 Å². The van der Waals surface area contributed by atoms with E-state index in [9.17, 15) is 9.18 Å². The van der Waals surface area contributed by atoms with Gasteiger partial charge in [0.1, 0.15) is 5.82 Å². The number of hydrogen-bond acceptors (Lipinski definition) is 3. The van der Waals surface area contributed by atoms with E-state index in [2.05, 4.69) is 15.5 Å². The fourth-order valence-corrected chi connectivity index (χ4v) is 2.11. The van der Waals surface area contributed by atoms with Crippen LogP contribution in [0.5, 0.6) is 0 Å². The molecule has 0 spiro atoms. The smallest absolute Gasteiger partial charge is 0.319 e. The van der Waals surface area contributed by atoms with Crippen molar-refractivity contribution in [3.63, 3.8) is 0 Å². The SMILES string of the molecule is CC(C)NC(=O)Nc1cc(F)ccc1N1CCOCC1. The lowest BCUT2D eigenvalue weighted by Crippen LogP contribution is -2.38. The van der Waals surface area contributed by atoms with E-state index in [-0.39, 0.29) is 17.9 Å². The highest BCUT2D eigenvalue weighted by Gasteiger charge is 2.16. The predicted molar refractivity (Wildman–Crippen MR) is 76.7 cm³/mol. The summed E-state index contributed by atoms with van der Waals surface area (Å²) in [6.45, 7) is 6.46. The van der Waals surface area contributed by atoms with Crippen LogP contribution >= 0.6 is 0 Å². The van der Waals surface area contributed by atoms with Crippen LogP contribution in [0.4, 0.5) is 20.6 Å². The Morgan fingerprint density at radius 2 is 2.05 bits per heavy atom. The van der Waals surface area contributed by atoms with Gasteiger partial charge in [0, 0.05) is 19.1 Å². The second kappa shape index (κ2) is 6.56. The fraction of sp³-hybridized carbons (Fsp3) is 0.500. The Balaban J connectivity index is 2.16. The number of urea groups is 1. The zero-order chi connectivity index (χ0) is 14.5. The molecule has 5 nitrogen and oxygen atoms in total. The molecule has 0 radical (unpaired) electrons. The van der Waals surface area contributed by atoms with Gasteiger partial charge in [-0.2, -0.15) is 0 Å². The molecular formula is C14H20FN3O2. The van der Waals surface area contributed by atoms with Crippen molar-refractivity contribution in [3.8, 4) is 0 Å². The molecule has 0 aliphatic carbocycles. The molecule has 1 aliphatic rings. The first-order valence-corrected chi connectivity index (χ1v) is 6.76. The van der Waals surface area contributed by atoms with Gasteiger partial charge in [-0.3, -0.25) is 0 Å². The van der Waals surface area contributed by atoms with Crippen molar-refractivity contribution < 1.29 is 13.9 Å². The molecule has 2 rings (SSSR count). The summed E-state index contributed by atoms with van der Waals surface area (Å²) in [6, 6.07) is 4.11. The summed E-state index contributed by atoms with van der Waals surface area (Å²) < 4.78 is 18.7. The predicted octanol–water partition coefficient (Wildman–Crippen LogP) is 2.19. The summed E-state index contributed by atoms with van der Waals surface area (Å²) in [5.74, 6) is -0.373. The molecule has 1 aromatic rings. The lowest BCUT2D eigenvalue weighted by molar-refractivity contribution is 0.123. The van der Waals surface area contributed by atoms with Crippen LogP contribution in [0.15, 0.2) is 18.2 Å². The zero-order valence-corrected chi connectivity index (χ0v) is 11.8. The van der Waals surface area contributed by atoms with E-state index in [1.165, 1.54) is 12.1 Å². The van der Waals surface area contributed by atoms with Gasteiger partial charge in [-0.1, -0.05) is 0 Å². The van der Waals surface area contributed by atoms with Gasteiger partial charge < -0.3 is 20.3 Å². The average molecular weight is 281 g/mol. The Bertz CT molecular complexity index is 473. The van der Waals surface area contributed by atoms with Crippen LogP contribution in [0, 0.1) is 5.82 Å². The minimum atomic E-state index is -0.373. The molecule has 1 aromatic carbocycles. The zero-order valence-electron chi connectivity index (χ0n) is 11.8.